The highest BCUT2D eigenvalue weighted by molar-refractivity contribution is 7.89. The number of pyridine rings is 1. The first-order valence-corrected chi connectivity index (χ1v) is 8.17. The number of sulfonamides is 1. The second kappa shape index (κ2) is 7.71. The first-order chi connectivity index (χ1) is 8.60. The summed E-state index contributed by atoms with van der Waals surface area (Å²) < 4.78 is 25.7. The number of hydrogen-bond donors (Lipinski definition) is 0. The predicted octanol–water partition coefficient (Wildman–Crippen LogP) is 1.90. The summed E-state index contributed by atoms with van der Waals surface area (Å²) in [5.74, 6) is 0.447. The zero-order valence-corrected chi connectivity index (χ0v) is 12.1. The summed E-state index contributed by atoms with van der Waals surface area (Å²) in [6.07, 6.45) is 4.65. The molecule has 0 spiro atoms. The van der Waals surface area contributed by atoms with Crippen molar-refractivity contribution in [2.45, 2.75) is 19.8 Å². The molecule has 1 heterocycles. The maximum Gasteiger partial charge on any atom is 0.214 e. The molecule has 102 valence electrons. The van der Waals surface area contributed by atoms with Crippen LogP contribution in [0.2, 0.25) is 0 Å². The van der Waals surface area contributed by atoms with Gasteiger partial charge in [-0.1, -0.05) is 6.92 Å². The number of alkyl halides is 1. The van der Waals surface area contributed by atoms with Gasteiger partial charge in [0.05, 0.1) is 5.75 Å². The van der Waals surface area contributed by atoms with Crippen LogP contribution in [0.25, 0.3) is 0 Å². The SMILES string of the molecule is CCCN(CCCl)S(=O)(=O)CCc1ccncc1. The molecule has 0 saturated heterocycles. The lowest BCUT2D eigenvalue weighted by Gasteiger charge is -2.20. The van der Waals surface area contributed by atoms with Gasteiger partial charge in [-0.2, -0.15) is 0 Å². The van der Waals surface area contributed by atoms with Crippen LogP contribution in [-0.4, -0.2) is 42.4 Å². The molecule has 0 aliphatic carbocycles. The van der Waals surface area contributed by atoms with E-state index in [9.17, 15) is 8.42 Å². The molecule has 1 rings (SSSR count). The highest BCUT2D eigenvalue weighted by Crippen LogP contribution is 2.07. The second-order valence-corrected chi connectivity index (χ2v) is 6.48. The fourth-order valence-corrected chi connectivity index (χ4v) is 3.55. The average molecular weight is 291 g/mol. The van der Waals surface area contributed by atoms with Gasteiger partial charge in [0, 0.05) is 31.4 Å². The predicted molar refractivity (Wildman–Crippen MR) is 74.3 cm³/mol. The normalized spacial score (nSPS) is 11.9. The smallest absolute Gasteiger partial charge is 0.214 e. The summed E-state index contributed by atoms with van der Waals surface area (Å²) in [5, 5.41) is 0. The van der Waals surface area contributed by atoms with Gasteiger partial charge in [0.1, 0.15) is 0 Å². The molecule has 0 N–H and O–H groups in total. The maximum atomic E-state index is 12.1. The van der Waals surface area contributed by atoms with Crippen LogP contribution in [0.3, 0.4) is 0 Å². The molecule has 0 atom stereocenters. The molecule has 0 aliphatic heterocycles. The van der Waals surface area contributed by atoms with E-state index in [2.05, 4.69) is 4.98 Å². The Labute approximate surface area is 114 Å². The van der Waals surface area contributed by atoms with Crippen LogP contribution >= 0.6 is 11.6 Å². The lowest BCUT2D eigenvalue weighted by Crippen LogP contribution is -2.35. The van der Waals surface area contributed by atoms with Gasteiger partial charge < -0.3 is 0 Å². The molecule has 1 aromatic rings. The standard InChI is InChI=1S/C12H19ClN2O2S/c1-2-9-15(10-6-13)18(16,17)11-5-12-3-7-14-8-4-12/h3-4,7-8H,2,5-6,9-11H2,1H3. The molecule has 0 amide bonds. The molecule has 0 radical (unpaired) electrons. The van der Waals surface area contributed by atoms with Crippen LogP contribution in [-0.2, 0) is 16.4 Å². The van der Waals surface area contributed by atoms with Gasteiger partial charge >= 0.3 is 0 Å². The average Bonchev–Trinajstić information content (AvgIpc) is 2.37. The third kappa shape index (κ3) is 4.92. The van der Waals surface area contributed by atoms with Crippen molar-refractivity contribution < 1.29 is 8.42 Å². The lowest BCUT2D eigenvalue weighted by atomic mass is 10.2. The zero-order chi connectivity index (χ0) is 13.4. The van der Waals surface area contributed by atoms with Crippen LogP contribution < -0.4 is 0 Å². The van der Waals surface area contributed by atoms with Crippen molar-refractivity contribution in [3.05, 3.63) is 30.1 Å². The summed E-state index contributed by atoms with van der Waals surface area (Å²) in [6.45, 7) is 2.87. The van der Waals surface area contributed by atoms with E-state index in [1.54, 1.807) is 12.4 Å². The van der Waals surface area contributed by atoms with Crippen molar-refractivity contribution in [3.8, 4) is 0 Å². The molecule has 0 aromatic carbocycles. The summed E-state index contributed by atoms with van der Waals surface area (Å²) in [7, 11) is -3.22. The number of rotatable bonds is 8. The van der Waals surface area contributed by atoms with Crippen LogP contribution in [0.1, 0.15) is 18.9 Å². The van der Waals surface area contributed by atoms with Gasteiger partial charge in [-0.3, -0.25) is 4.98 Å². The van der Waals surface area contributed by atoms with Crippen molar-refractivity contribution in [1.29, 1.82) is 0 Å². The van der Waals surface area contributed by atoms with Crippen LogP contribution in [0.5, 0.6) is 0 Å². The van der Waals surface area contributed by atoms with E-state index >= 15 is 0 Å². The number of aromatic nitrogens is 1. The van der Waals surface area contributed by atoms with Crippen molar-refractivity contribution in [2.24, 2.45) is 0 Å². The first kappa shape index (κ1) is 15.4. The van der Waals surface area contributed by atoms with E-state index in [-0.39, 0.29) is 5.75 Å². The Morgan fingerprint density at radius 3 is 2.50 bits per heavy atom. The lowest BCUT2D eigenvalue weighted by molar-refractivity contribution is 0.428. The van der Waals surface area contributed by atoms with Crippen molar-refractivity contribution in [1.82, 2.24) is 9.29 Å². The summed E-state index contributed by atoms with van der Waals surface area (Å²) >= 11 is 5.64. The first-order valence-electron chi connectivity index (χ1n) is 6.03. The van der Waals surface area contributed by atoms with Gasteiger partial charge in [-0.15, -0.1) is 11.6 Å². The third-order valence-electron chi connectivity index (χ3n) is 2.60. The molecular weight excluding hydrogens is 272 g/mol. The summed E-state index contributed by atoms with van der Waals surface area (Å²) in [4.78, 5) is 3.91. The molecular formula is C12H19ClN2O2S. The summed E-state index contributed by atoms with van der Waals surface area (Å²) in [6, 6.07) is 3.67. The molecule has 0 saturated carbocycles. The highest BCUT2D eigenvalue weighted by atomic mass is 35.5. The van der Waals surface area contributed by atoms with Gasteiger partial charge in [0.2, 0.25) is 10.0 Å². The minimum absolute atomic E-state index is 0.119. The molecule has 0 fully saturated rings. The number of aryl methyl sites for hydroxylation is 1. The van der Waals surface area contributed by atoms with Crippen LogP contribution in [0.4, 0.5) is 0 Å². The molecule has 0 aliphatic rings. The van der Waals surface area contributed by atoms with E-state index in [1.807, 2.05) is 19.1 Å². The van der Waals surface area contributed by atoms with Crippen LogP contribution in [0, 0.1) is 0 Å². The topological polar surface area (TPSA) is 50.3 Å². The summed E-state index contributed by atoms with van der Waals surface area (Å²) in [5.41, 5.74) is 0.982. The van der Waals surface area contributed by atoms with E-state index in [4.69, 9.17) is 11.6 Å². The van der Waals surface area contributed by atoms with E-state index in [1.165, 1.54) is 4.31 Å². The Bertz CT molecular complexity index is 431. The Kier molecular flexibility index (Phi) is 6.60. The minimum atomic E-state index is -3.22. The Hall–Kier alpha value is -0.650. The van der Waals surface area contributed by atoms with E-state index < -0.39 is 10.0 Å². The van der Waals surface area contributed by atoms with Gasteiger partial charge in [-0.05, 0) is 30.5 Å². The highest BCUT2D eigenvalue weighted by Gasteiger charge is 2.20. The largest absolute Gasteiger partial charge is 0.265 e. The van der Waals surface area contributed by atoms with Crippen LogP contribution in [0.15, 0.2) is 24.5 Å². The Balaban J connectivity index is 2.62. The fourth-order valence-electron chi connectivity index (χ4n) is 1.66. The van der Waals surface area contributed by atoms with Gasteiger partial charge in [0.15, 0.2) is 0 Å². The molecule has 18 heavy (non-hydrogen) atoms. The van der Waals surface area contributed by atoms with Gasteiger partial charge in [0.25, 0.3) is 0 Å². The quantitative estimate of drug-likeness (QED) is 0.687. The van der Waals surface area contributed by atoms with E-state index in [0.717, 1.165) is 12.0 Å². The molecule has 1 aromatic heterocycles. The Morgan fingerprint density at radius 2 is 1.94 bits per heavy atom. The van der Waals surface area contributed by atoms with Gasteiger partial charge in [-0.25, -0.2) is 12.7 Å². The fraction of sp³-hybridized carbons (Fsp3) is 0.583. The molecule has 6 heteroatoms. The number of hydrogen-bond acceptors (Lipinski definition) is 3. The third-order valence-corrected chi connectivity index (χ3v) is 4.64. The maximum absolute atomic E-state index is 12.1. The molecule has 4 nitrogen and oxygen atoms in total. The second-order valence-electron chi connectivity index (χ2n) is 4.01. The minimum Gasteiger partial charge on any atom is -0.265 e. The number of halogens is 1. The molecule has 0 unspecified atom stereocenters. The van der Waals surface area contributed by atoms with Crippen molar-refractivity contribution in [3.63, 3.8) is 0 Å². The Morgan fingerprint density at radius 1 is 1.28 bits per heavy atom. The monoisotopic (exact) mass is 290 g/mol. The van der Waals surface area contributed by atoms with Crippen molar-refractivity contribution in [2.75, 3.05) is 24.7 Å². The molecule has 0 bridgehead atoms. The van der Waals surface area contributed by atoms with E-state index in [0.29, 0.717) is 25.4 Å². The zero-order valence-electron chi connectivity index (χ0n) is 10.5. The number of nitrogens with zero attached hydrogens (tertiary/aromatic N) is 2. The van der Waals surface area contributed by atoms with Crippen molar-refractivity contribution >= 4 is 21.6 Å².